The predicted molar refractivity (Wildman–Crippen MR) is 408 cm³/mol. The number of ether oxygens (including phenoxy) is 4. The average molecular weight is 1430 g/mol. The minimum atomic E-state index is -4.31. The molecular formula is C83H119N5O13S. The molecule has 2 unspecified atom stereocenters. The Morgan fingerprint density at radius 3 is 1.77 bits per heavy atom. The zero-order chi connectivity index (χ0) is 74.9. The Labute approximate surface area is 609 Å². The van der Waals surface area contributed by atoms with Crippen LogP contribution in [0.1, 0.15) is 211 Å². The summed E-state index contributed by atoms with van der Waals surface area (Å²) < 4.78 is 60.0. The zero-order valence-corrected chi connectivity index (χ0v) is 64.6. The van der Waals surface area contributed by atoms with Gasteiger partial charge in [0.1, 0.15) is 26.4 Å². The van der Waals surface area contributed by atoms with E-state index in [-0.39, 0.29) is 113 Å². The summed E-state index contributed by atoms with van der Waals surface area (Å²) in [5, 5.41) is 10.3. The van der Waals surface area contributed by atoms with Gasteiger partial charge >= 0.3 is 23.9 Å². The van der Waals surface area contributed by atoms with Crippen LogP contribution in [-0.4, -0.2) is 142 Å². The van der Waals surface area contributed by atoms with Gasteiger partial charge in [-0.1, -0.05) is 139 Å². The van der Waals surface area contributed by atoms with Crippen molar-refractivity contribution in [2.24, 2.45) is 21.7 Å². The smallest absolute Gasteiger partial charge is 0.311 e. The largest absolute Gasteiger partial charge is 0.748 e. The number of carbonyl (C=O) groups excluding carboxylic acids is 6. The van der Waals surface area contributed by atoms with Gasteiger partial charge in [-0.25, -0.2) is 8.42 Å². The summed E-state index contributed by atoms with van der Waals surface area (Å²) in [6.07, 6.45) is 23.4. The summed E-state index contributed by atoms with van der Waals surface area (Å²) in [7, 11) is -4.31. The molecule has 2 aliphatic heterocycles. The Hall–Kier alpha value is -7.48. The van der Waals surface area contributed by atoms with E-state index in [1.54, 1.807) is 41.5 Å². The lowest BCUT2D eigenvalue weighted by Crippen LogP contribution is -2.42. The molecule has 0 spiro atoms. The number of carbonyl (C=O) groups is 6. The van der Waals surface area contributed by atoms with Crippen LogP contribution < -0.4 is 15.5 Å². The Bertz CT molecular complexity index is 3800. The SMILES string of the molecule is CCCCN(CCCC)CCOC(=O)C(C)(CCC(C)(CCC(C)(C)C(=O)OCCNC(C)=O)C(=O)OCCNC(=O)CCCCCN1\C(=C/C=C/C=C/C=C/C2=[N+](CCCCS(=O)(=O)[O-])c3ccc4ccccc4c3C2(C)C)C(C)(C)c2c1ccc1ccccc21)CC(C)(C)C(=O)OCCC. The van der Waals surface area contributed by atoms with Crippen molar-refractivity contribution in [3.63, 3.8) is 0 Å². The highest BCUT2D eigenvalue weighted by Gasteiger charge is 2.49. The molecule has 102 heavy (non-hydrogen) atoms. The highest BCUT2D eigenvalue weighted by atomic mass is 32.2. The molecule has 19 heteroatoms. The number of rotatable bonds is 44. The number of amides is 2. The van der Waals surface area contributed by atoms with E-state index in [0.29, 0.717) is 32.4 Å². The van der Waals surface area contributed by atoms with Crippen molar-refractivity contribution in [1.29, 1.82) is 0 Å². The molecule has 0 radical (unpaired) electrons. The van der Waals surface area contributed by atoms with Gasteiger partial charge in [-0.2, -0.15) is 4.58 Å². The van der Waals surface area contributed by atoms with E-state index in [1.165, 1.54) is 34.2 Å². The number of nitrogens with one attached hydrogen (secondary N) is 2. The van der Waals surface area contributed by atoms with Crippen LogP contribution in [0.2, 0.25) is 0 Å². The van der Waals surface area contributed by atoms with E-state index in [1.807, 2.05) is 37.3 Å². The topological polar surface area (TPSA) is 230 Å². The van der Waals surface area contributed by atoms with Gasteiger partial charge in [-0.3, -0.25) is 33.7 Å². The number of fused-ring (bicyclic) bond motifs is 6. The van der Waals surface area contributed by atoms with Crippen LogP contribution in [0.25, 0.3) is 21.5 Å². The van der Waals surface area contributed by atoms with Crippen LogP contribution in [0.3, 0.4) is 0 Å². The number of anilines is 1. The molecule has 0 aliphatic carbocycles. The molecule has 0 saturated heterocycles. The Kier molecular flexibility index (Phi) is 31.4. The molecule has 2 amide bonds. The van der Waals surface area contributed by atoms with Crippen molar-refractivity contribution in [3.05, 3.63) is 132 Å². The molecule has 4 aromatic carbocycles. The van der Waals surface area contributed by atoms with Crippen molar-refractivity contribution < 1.29 is 65.3 Å². The van der Waals surface area contributed by atoms with E-state index in [2.05, 4.69) is 152 Å². The maximum absolute atomic E-state index is 14.6. The summed E-state index contributed by atoms with van der Waals surface area (Å²) in [6.45, 7) is 31.3. The van der Waals surface area contributed by atoms with Gasteiger partial charge in [-0.05, 0) is 184 Å². The number of hydrogen-bond acceptors (Lipinski definition) is 15. The maximum Gasteiger partial charge on any atom is 0.311 e. The third-order valence-electron chi connectivity index (χ3n) is 20.3. The van der Waals surface area contributed by atoms with Crippen LogP contribution in [0.5, 0.6) is 0 Å². The fourth-order valence-corrected chi connectivity index (χ4v) is 14.9. The molecule has 6 rings (SSSR count). The minimum absolute atomic E-state index is 0.0221. The second-order valence-corrected chi connectivity index (χ2v) is 32.3. The van der Waals surface area contributed by atoms with Crippen LogP contribution in [0, 0.1) is 21.7 Å². The van der Waals surface area contributed by atoms with E-state index >= 15 is 0 Å². The molecule has 0 saturated carbocycles. The standard InChI is InChI=1S/C83H119N5O13S/c1-15-18-51-86(52-19-16-2)55-59-101-77(94)83(14,61-79(7,8)75(92)98-56-17-3)48-47-82(13,46-45-78(5,6)74(91)99-57-49-84-62(4)89)76(93)100-58-50-85-71(90)40-26-23-31-53-87-67-43-41-63-34-27-29-36-65(63)72(67)80(9,10)69(87)38-24-21-20-22-25-39-70-81(11,12)73-66-37-30-28-35-64(66)42-44-68(73)88(70)54-32-33-60-102(95,96)97/h20-22,24-25,27-30,34-39,41-44H,15-19,23,26,31-33,40,45-61H2,1-14H3,(H2-,84,85,89,90,95,96,97). The van der Waals surface area contributed by atoms with Crippen LogP contribution >= 0.6 is 0 Å². The first kappa shape index (κ1) is 83.5. The molecule has 0 aromatic heterocycles. The second-order valence-electron chi connectivity index (χ2n) is 30.8. The first-order valence-corrected chi connectivity index (χ1v) is 38.9. The molecule has 0 bridgehead atoms. The Balaban J connectivity index is 1.11. The van der Waals surface area contributed by atoms with Crippen LogP contribution in [0.15, 0.2) is 121 Å². The number of allylic oxidation sites excluding steroid dienone is 8. The number of esters is 4. The monoisotopic (exact) mass is 1430 g/mol. The lowest BCUT2D eigenvalue weighted by molar-refractivity contribution is -0.438. The molecule has 0 fully saturated rings. The predicted octanol–water partition coefficient (Wildman–Crippen LogP) is 15.4. The third kappa shape index (κ3) is 23.3. The molecule has 2 aliphatic rings. The summed E-state index contributed by atoms with van der Waals surface area (Å²) in [6, 6.07) is 25.5. The Morgan fingerprint density at radius 2 is 1.13 bits per heavy atom. The van der Waals surface area contributed by atoms with E-state index in [0.717, 1.165) is 86.3 Å². The number of benzene rings is 4. The molecule has 2 atom stereocenters. The van der Waals surface area contributed by atoms with Gasteiger partial charge in [0.05, 0.1) is 56.9 Å². The van der Waals surface area contributed by atoms with Crippen molar-refractivity contribution in [3.8, 4) is 0 Å². The average Bonchev–Trinajstić information content (AvgIpc) is 1.58. The van der Waals surface area contributed by atoms with Crippen molar-refractivity contribution in [1.82, 2.24) is 15.5 Å². The van der Waals surface area contributed by atoms with Gasteiger partial charge in [-0.15, -0.1) is 0 Å². The van der Waals surface area contributed by atoms with Crippen LogP contribution in [-0.2, 0) is 68.7 Å². The summed E-state index contributed by atoms with van der Waals surface area (Å²) in [5.74, 6) is -2.75. The van der Waals surface area contributed by atoms with Crippen molar-refractivity contribution in [2.75, 3.05) is 82.9 Å². The summed E-state index contributed by atoms with van der Waals surface area (Å²) >= 11 is 0. The van der Waals surface area contributed by atoms with Gasteiger partial charge in [0.15, 0.2) is 5.71 Å². The fraction of sp³-hybridized carbons (Fsp3) is 0.578. The first-order valence-electron chi connectivity index (χ1n) is 37.3. The van der Waals surface area contributed by atoms with Gasteiger partial charge in [0.25, 0.3) is 0 Å². The molecule has 560 valence electrons. The Morgan fingerprint density at radius 1 is 0.569 bits per heavy atom. The van der Waals surface area contributed by atoms with E-state index < -0.39 is 55.7 Å². The quantitative estimate of drug-likeness (QED) is 0.0105. The lowest BCUT2D eigenvalue weighted by atomic mass is 9.67. The normalized spacial score (nSPS) is 16.1. The van der Waals surface area contributed by atoms with E-state index in [4.69, 9.17) is 18.9 Å². The summed E-state index contributed by atoms with van der Waals surface area (Å²) in [5.41, 5.74) is 1.67. The first-order chi connectivity index (χ1) is 48.3. The fourth-order valence-electron chi connectivity index (χ4n) is 14.3. The molecule has 18 nitrogen and oxygen atoms in total. The van der Waals surface area contributed by atoms with Crippen molar-refractivity contribution >= 4 is 84.4 Å². The third-order valence-corrected chi connectivity index (χ3v) is 21.1. The summed E-state index contributed by atoms with van der Waals surface area (Å²) in [4.78, 5) is 85.9. The molecule has 2 heterocycles. The zero-order valence-electron chi connectivity index (χ0n) is 63.8. The van der Waals surface area contributed by atoms with Gasteiger partial charge < -0.3 is 39.0 Å². The highest BCUT2D eigenvalue weighted by molar-refractivity contribution is 7.85. The molecular weight excluding hydrogens is 1310 g/mol. The van der Waals surface area contributed by atoms with Crippen LogP contribution in [0.4, 0.5) is 11.4 Å². The molecule has 4 aromatic rings. The second kappa shape index (κ2) is 38.3. The lowest BCUT2D eigenvalue weighted by Gasteiger charge is -2.38. The number of unbranched alkanes of at least 4 members (excludes halogenated alkanes) is 5. The number of nitrogens with zero attached hydrogens (tertiary/aromatic N) is 3. The molecule has 2 N–H and O–H groups in total. The highest BCUT2D eigenvalue weighted by Crippen LogP contribution is 2.51. The maximum atomic E-state index is 14.6. The number of hydrogen-bond donors (Lipinski definition) is 2. The van der Waals surface area contributed by atoms with Gasteiger partial charge in [0, 0.05) is 73.1 Å². The van der Waals surface area contributed by atoms with Crippen molar-refractivity contribution in [2.45, 2.75) is 210 Å². The minimum Gasteiger partial charge on any atom is -0.748 e. The van der Waals surface area contributed by atoms with Gasteiger partial charge in [0.2, 0.25) is 17.5 Å². The van der Waals surface area contributed by atoms with E-state index in [9.17, 15) is 41.7 Å².